The summed E-state index contributed by atoms with van der Waals surface area (Å²) in [6, 6.07) is 15.3. The largest absolute Gasteiger partial charge is 0.450 e. The number of aryl methyl sites for hydroxylation is 1. The third-order valence-electron chi connectivity index (χ3n) is 5.33. The standard InChI is InChI=1S/C24H17N5O2S2/c25-12-14(22(30)29-23-17(13-26)16-5-1-4-8-20(16)32-23)11-15-9-10-21(31-15)33-24-27-18-6-2-3-7-19(18)28-24/h2-3,6-7,9-11H,1,4-5,8H2,(H,27,28)(H,29,30). The highest BCUT2D eigenvalue weighted by atomic mass is 32.2. The Kier molecular flexibility index (Phi) is 5.74. The summed E-state index contributed by atoms with van der Waals surface area (Å²) in [5, 5.41) is 23.7. The summed E-state index contributed by atoms with van der Waals surface area (Å²) in [5.74, 6) is -0.179. The van der Waals surface area contributed by atoms with Crippen LogP contribution in [0.2, 0.25) is 0 Å². The van der Waals surface area contributed by atoms with E-state index in [9.17, 15) is 15.3 Å². The lowest BCUT2D eigenvalue weighted by Crippen LogP contribution is -2.13. The number of aromatic nitrogens is 2. The molecule has 5 rings (SSSR count). The molecule has 1 aliphatic carbocycles. The van der Waals surface area contributed by atoms with Crippen molar-refractivity contribution < 1.29 is 9.21 Å². The summed E-state index contributed by atoms with van der Waals surface area (Å²) in [6.07, 6.45) is 5.30. The molecule has 0 saturated heterocycles. The first-order chi connectivity index (χ1) is 16.1. The van der Waals surface area contributed by atoms with Gasteiger partial charge < -0.3 is 14.7 Å². The van der Waals surface area contributed by atoms with Gasteiger partial charge in [-0.2, -0.15) is 10.5 Å². The number of nitriles is 2. The zero-order chi connectivity index (χ0) is 22.8. The Morgan fingerprint density at radius 3 is 2.88 bits per heavy atom. The van der Waals surface area contributed by atoms with Crippen LogP contribution in [-0.2, 0) is 17.6 Å². The smallest absolute Gasteiger partial charge is 0.267 e. The predicted octanol–water partition coefficient (Wildman–Crippen LogP) is 5.66. The van der Waals surface area contributed by atoms with Crippen LogP contribution in [0.15, 0.2) is 56.6 Å². The van der Waals surface area contributed by atoms with Crippen molar-refractivity contribution >= 4 is 51.1 Å². The molecule has 2 N–H and O–H groups in total. The molecule has 9 heteroatoms. The molecule has 1 aromatic carbocycles. The van der Waals surface area contributed by atoms with Crippen LogP contribution in [0.5, 0.6) is 0 Å². The first kappa shape index (κ1) is 21.1. The molecule has 0 radical (unpaired) electrons. The minimum Gasteiger partial charge on any atom is -0.450 e. The van der Waals surface area contributed by atoms with Gasteiger partial charge >= 0.3 is 0 Å². The zero-order valence-corrected chi connectivity index (χ0v) is 19.0. The molecule has 1 amide bonds. The number of para-hydroxylation sites is 2. The van der Waals surface area contributed by atoms with Crippen molar-refractivity contribution in [2.75, 3.05) is 5.32 Å². The van der Waals surface area contributed by atoms with Gasteiger partial charge in [-0.15, -0.1) is 11.3 Å². The van der Waals surface area contributed by atoms with Crippen LogP contribution in [0.25, 0.3) is 17.1 Å². The Labute approximate surface area is 197 Å². The number of carbonyl (C=O) groups is 1. The predicted molar refractivity (Wildman–Crippen MR) is 127 cm³/mol. The van der Waals surface area contributed by atoms with Gasteiger partial charge in [-0.05, 0) is 67.3 Å². The summed E-state index contributed by atoms with van der Waals surface area (Å²) < 4.78 is 5.77. The molecule has 1 aliphatic rings. The van der Waals surface area contributed by atoms with E-state index < -0.39 is 5.91 Å². The number of nitrogens with one attached hydrogen (secondary N) is 2. The van der Waals surface area contributed by atoms with Crippen molar-refractivity contribution in [2.45, 2.75) is 35.9 Å². The van der Waals surface area contributed by atoms with E-state index in [4.69, 9.17) is 4.42 Å². The molecule has 0 unspecified atom stereocenters. The number of rotatable bonds is 5. The fourth-order valence-electron chi connectivity index (χ4n) is 3.77. The summed E-state index contributed by atoms with van der Waals surface area (Å²) in [7, 11) is 0. The maximum absolute atomic E-state index is 12.8. The van der Waals surface area contributed by atoms with E-state index in [1.54, 1.807) is 12.1 Å². The van der Waals surface area contributed by atoms with Gasteiger partial charge in [-0.3, -0.25) is 4.79 Å². The molecule has 0 fully saturated rings. The molecule has 0 bridgehead atoms. The Hall–Kier alpha value is -3.79. The number of hydrogen-bond acceptors (Lipinski definition) is 7. The number of benzene rings is 1. The minimum absolute atomic E-state index is 0.0973. The van der Waals surface area contributed by atoms with E-state index in [0.717, 1.165) is 47.2 Å². The topological polar surface area (TPSA) is 118 Å². The first-order valence-electron chi connectivity index (χ1n) is 10.3. The van der Waals surface area contributed by atoms with Crippen molar-refractivity contribution in [1.82, 2.24) is 9.97 Å². The lowest BCUT2D eigenvalue weighted by Gasteiger charge is -2.09. The van der Waals surface area contributed by atoms with Gasteiger partial charge in [0.1, 0.15) is 28.5 Å². The second-order valence-corrected chi connectivity index (χ2v) is 9.57. The molecule has 162 valence electrons. The number of furan rings is 1. The number of H-pyrrole nitrogens is 1. The Balaban J connectivity index is 1.33. The van der Waals surface area contributed by atoms with Gasteiger partial charge in [0.2, 0.25) is 0 Å². The molecular formula is C24H17N5O2S2. The second kappa shape index (κ2) is 8.99. The van der Waals surface area contributed by atoms with Crippen molar-refractivity contribution in [2.24, 2.45) is 0 Å². The number of thiophene rings is 1. The average molecular weight is 472 g/mol. The lowest BCUT2D eigenvalue weighted by atomic mass is 9.96. The van der Waals surface area contributed by atoms with Crippen LogP contribution >= 0.6 is 23.1 Å². The van der Waals surface area contributed by atoms with Crippen molar-refractivity contribution in [3.8, 4) is 12.1 Å². The van der Waals surface area contributed by atoms with Gasteiger partial charge in [-0.1, -0.05) is 12.1 Å². The summed E-state index contributed by atoms with van der Waals surface area (Å²) in [6.45, 7) is 0. The van der Waals surface area contributed by atoms with E-state index in [2.05, 4.69) is 21.4 Å². The van der Waals surface area contributed by atoms with Crippen LogP contribution in [-0.4, -0.2) is 15.9 Å². The fraction of sp³-hybridized carbons (Fsp3) is 0.167. The van der Waals surface area contributed by atoms with Gasteiger partial charge in [0.25, 0.3) is 5.91 Å². The number of carbonyl (C=O) groups excluding carboxylic acids is 1. The van der Waals surface area contributed by atoms with Crippen molar-refractivity contribution in [1.29, 1.82) is 10.5 Å². The summed E-state index contributed by atoms with van der Waals surface area (Å²) in [4.78, 5) is 21.6. The summed E-state index contributed by atoms with van der Waals surface area (Å²) in [5.41, 5.74) is 3.25. The summed E-state index contributed by atoms with van der Waals surface area (Å²) >= 11 is 2.75. The Morgan fingerprint density at radius 1 is 1.21 bits per heavy atom. The van der Waals surface area contributed by atoms with E-state index in [-0.39, 0.29) is 5.57 Å². The zero-order valence-electron chi connectivity index (χ0n) is 17.3. The third-order valence-corrected chi connectivity index (χ3v) is 7.34. The fourth-order valence-corrected chi connectivity index (χ4v) is 5.78. The van der Waals surface area contributed by atoms with Crippen molar-refractivity contribution in [3.05, 3.63) is 63.7 Å². The monoisotopic (exact) mass is 471 g/mol. The molecule has 3 heterocycles. The van der Waals surface area contributed by atoms with Crippen LogP contribution in [0, 0.1) is 22.7 Å². The molecule has 0 saturated carbocycles. The van der Waals surface area contributed by atoms with E-state index in [1.165, 1.54) is 29.2 Å². The molecule has 3 aromatic heterocycles. The van der Waals surface area contributed by atoms with Crippen LogP contribution in [0.1, 0.15) is 34.6 Å². The van der Waals surface area contributed by atoms with Gasteiger partial charge in [0.15, 0.2) is 10.2 Å². The minimum atomic E-state index is -0.560. The number of anilines is 1. The molecule has 7 nitrogen and oxygen atoms in total. The van der Waals surface area contributed by atoms with Crippen LogP contribution in [0.3, 0.4) is 0 Å². The molecule has 33 heavy (non-hydrogen) atoms. The number of imidazole rings is 1. The van der Waals surface area contributed by atoms with Crippen LogP contribution in [0.4, 0.5) is 5.00 Å². The van der Waals surface area contributed by atoms with E-state index >= 15 is 0 Å². The highest BCUT2D eigenvalue weighted by Gasteiger charge is 2.23. The van der Waals surface area contributed by atoms with Crippen LogP contribution < -0.4 is 5.32 Å². The van der Waals surface area contributed by atoms with E-state index in [0.29, 0.717) is 26.6 Å². The molecular weight excluding hydrogens is 454 g/mol. The second-order valence-electron chi connectivity index (χ2n) is 7.47. The Bertz CT molecular complexity index is 1450. The Morgan fingerprint density at radius 2 is 2.06 bits per heavy atom. The van der Waals surface area contributed by atoms with Gasteiger partial charge in [-0.25, -0.2) is 4.98 Å². The third kappa shape index (κ3) is 4.29. The number of hydrogen-bond donors (Lipinski definition) is 2. The van der Waals surface area contributed by atoms with E-state index in [1.807, 2.05) is 30.3 Å². The lowest BCUT2D eigenvalue weighted by molar-refractivity contribution is -0.112. The molecule has 0 spiro atoms. The maximum atomic E-state index is 12.8. The number of aromatic amines is 1. The van der Waals surface area contributed by atoms with Gasteiger partial charge in [0.05, 0.1) is 16.6 Å². The average Bonchev–Trinajstić information content (AvgIpc) is 3.53. The van der Waals surface area contributed by atoms with Crippen molar-refractivity contribution in [3.63, 3.8) is 0 Å². The number of nitrogens with zero attached hydrogens (tertiary/aromatic N) is 3. The normalized spacial score (nSPS) is 13.3. The number of fused-ring (bicyclic) bond motifs is 2. The highest BCUT2D eigenvalue weighted by Crippen LogP contribution is 2.38. The first-order valence-corrected chi connectivity index (χ1v) is 12.0. The highest BCUT2D eigenvalue weighted by molar-refractivity contribution is 7.99. The molecule has 0 aliphatic heterocycles. The maximum Gasteiger partial charge on any atom is 0.267 e. The molecule has 4 aromatic rings. The molecule has 0 atom stereocenters. The van der Waals surface area contributed by atoms with Gasteiger partial charge in [0, 0.05) is 11.0 Å². The SMILES string of the molecule is N#CC(=Cc1ccc(Sc2nc3ccccc3[nH]2)o1)C(=O)Nc1sc2c(c1C#N)CCCC2. The quantitative estimate of drug-likeness (QED) is 0.286. The number of amides is 1.